The number of hydrogen-bond donors (Lipinski definition) is 2. The van der Waals surface area contributed by atoms with Gasteiger partial charge in [-0.15, -0.1) is 0 Å². The van der Waals surface area contributed by atoms with Gasteiger partial charge in [0.2, 0.25) is 0 Å². The van der Waals surface area contributed by atoms with Crippen molar-refractivity contribution in [3.63, 3.8) is 0 Å². The molecule has 0 saturated carbocycles. The van der Waals surface area contributed by atoms with Crippen molar-refractivity contribution < 1.29 is 13.0 Å². The van der Waals surface area contributed by atoms with Gasteiger partial charge in [0.1, 0.15) is 0 Å². The highest BCUT2D eigenvalue weighted by atomic mass is 32.2. The standard InChI is InChI=1S/C15H18N2.C7H8O3S/c16-15-11-7-3-1-2-4-9-13(11)17-14-10-6-5-8-12(14)15;1-6-2-4-7(5-3-6)11(8,9)10/h5-6,8,10H,1-4,7,9H2,(H2,16,17);2-5H,1H3,(H,8,9,10). The summed E-state index contributed by atoms with van der Waals surface area (Å²) in [5, 5.41) is 1.12. The Morgan fingerprint density at radius 1 is 0.929 bits per heavy atom. The fourth-order valence-electron chi connectivity index (χ4n) is 3.47. The smallest absolute Gasteiger partial charge is 0.294 e. The minimum Gasteiger partial charge on any atom is -0.398 e. The van der Waals surface area contributed by atoms with Crippen molar-refractivity contribution in [2.24, 2.45) is 0 Å². The third-order valence-electron chi connectivity index (χ3n) is 5.03. The van der Waals surface area contributed by atoms with Crippen LogP contribution in [0.5, 0.6) is 0 Å². The molecule has 4 rings (SSSR count). The normalized spacial score (nSPS) is 14.4. The van der Waals surface area contributed by atoms with E-state index >= 15 is 0 Å². The molecule has 0 atom stereocenters. The predicted octanol–water partition coefficient (Wildman–Crippen LogP) is 4.72. The van der Waals surface area contributed by atoms with Crippen LogP contribution < -0.4 is 5.73 Å². The quantitative estimate of drug-likeness (QED) is 0.579. The van der Waals surface area contributed by atoms with Crippen molar-refractivity contribution >= 4 is 26.7 Å². The molecule has 0 aliphatic heterocycles. The second-order valence-corrected chi connectivity index (χ2v) is 8.59. The SMILES string of the molecule is Cc1ccc(S(=O)(=O)O)cc1.Nc1c2c(nc3ccccc13)CCCCCC2. The number of aromatic nitrogens is 1. The van der Waals surface area contributed by atoms with Crippen LogP contribution in [0.25, 0.3) is 10.9 Å². The first kappa shape index (κ1) is 20.3. The molecule has 1 aromatic heterocycles. The van der Waals surface area contributed by atoms with E-state index in [1.807, 2.05) is 19.1 Å². The van der Waals surface area contributed by atoms with Crippen LogP contribution in [-0.2, 0) is 23.0 Å². The summed E-state index contributed by atoms with van der Waals surface area (Å²) in [6, 6.07) is 14.2. The molecule has 0 spiro atoms. The van der Waals surface area contributed by atoms with E-state index in [1.54, 1.807) is 12.1 Å². The van der Waals surface area contributed by atoms with Crippen molar-refractivity contribution in [2.45, 2.75) is 50.3 Å². The molecular formula is C22H26N2O3S. The molecule has 0 radical (unpaired) electrons. The van der Waals surface area contributed by atoms with E-state index in [0.717, 1.165) is 35.0 Å². The van der Waals surface area contributed by atoms with Crippen LogP contribution in [0, 0.1) is 6.92 Å². The summed E-state index contributed by atoms with van der Waals surface area (Å²) in [7, 11) is -4.02. The molecule has 0 fully saturated rings. The Kier molecular flexibility index (Phi) is 6.31. The van der Waals surface area contributed by atoms with Gasteiger partial charge in [-0.05, 0) is 56.4 Å². The second kappa shape index (κ2) is 8.71. The molecular weight excluding hydrogens is 372 g/mol. The lowest BCUT2D eigenvalue weighted by molar-refractivity contribution is 0.483. The fraction of sp³-hybridized carbons (Fsp3) is 0.318. The minimum absolute atomic E-state index is 0.0666. The number of rotatable bonds is 1. The maximum absolute atomic E-state index is 10.5. The molecule has 5 nitrogen and oxygen atoms in total. The molecule has 0 unspecified atom stereocenters. The maximum Gasteiger partial charge on any atom is 0.294 e. The maximum atomic E-state index is 10.5. The van der Waals surface area contributed by atoms with Crippen LogP contribution in [0.3, 0.4) is 0 Å². The molecule has 1 aliphatic carbocycles. The third-order valence-corrected chi connectivity index (χ3v) is 5.90. The Morgan fingerprint density at radius 3 is 2.25 bits per heavy atom. The summed E-state index contributed by atoms with van der Waals surface area (Å²) in [6.45, 7) is 1.84. The van der Waals surface area contributed by atoms with Gasteiger partial charge in [-0.25, -0.2) is 0 Å². The lowest BCUT2D eigenvalue weighted by atomic mass is 9.94. The second-order valence-electron chi connectivity index (χ2n) is 7.17. The Balaban J connectivity index is 0.000000178. The number of nitrogens with two attached hydrogens (primary N) is 1. The van der Waals surface area contributed by atoms with Gasteiger partial charge in [-0.1, -0.05) is 48.7 Å². The summed E-state index contributed by atoms with van der Waals surface area (Å²) in [5.74, 6) is 0. The van der Waals surface area contributed by atoms with E-state index in [4.69, 9.17) is 15.3 Å². The topological polar surface area (TPSA) is 93.3 Å². The number of fused-ring (bicyclic) bond motifs is 2. The zero-order valence-corrected chi connectivity index (χ0v) is 16.9. The Hall–Kier alpha value is -2.44. The van der Waals surface area contributed by atoms with Gasteiger partial charge in [0, 0.05) is 16.8 Å². The van der Waals surface area contributed by atoms with Crippen LogP contribution >= 0.6 is 0 Å². The highest BCUT2D eigenvalue weighted by Gasteiger charge is 2.14. The largest absolute Gasteiger partial charge is 0.398 e. The fourth-order valence-corrected chi connectivity index (χ4v) is 3.95. The molecule has 28 heavy (non-hydrogen) atoms. The first-order valence-electron chi connectivity index (χ1n) is 9.56. The van der Waals surface area contributed by atoms with Crippen molar-refractivity contribution in [3.8, 4) is 0 Å². The predicted molar refractivity (Wildman–Crippen MR) is 113 cm³/mol. The van der Waals surface area contributed by atoms with Crippen LogP contribution in [0.4, 0.5) is 5.69 Å². The van der Waals surface area contributed by atoms with Crippen LogP contribution in [0.2, 0.25) is 0 Å². The molecule has 3 aromatic rings. The molecule has 1 aliphatic rings. The lowest BCUT2D eigenvalue weighted by Crippen LogP contribution is -2.07. The zero-order chi connectivity index (χ0) is 20.1. The minimum atomic E-state index is -4.02. The molecule has 2 aromatic carbocycles. The molecule has 0 amide bonds. The Morgan fingerprint density at radius 2 is 1.57 bits per heavy atom. The molecule has 0 bridgehead atoms. The molecule has 6 heteroatoms. The van der Waals surface area contributed by atoms with E-state index < -0.39 is 10.1 Å². The van der Waals surface area contributed by atoms with Crippen molar-refractivity contribution in [3.05, 3.63) is 65.4 Å². The summed E-state index contributed by atoms with van der Waals surface area (Å²) >= 11 is 0. The van der Waals surface area contributed by atoms with Gasteiger partial charge in [0.25, 0.3) is 10.1 Å². The summed E-state index contributed by atoms with van der Waals surface area (Å²) < 4.78 is 29.6. The average Bonchev–Trinajstić information content (AvgIpc) is 2.64. The van der Waals surface area contributed by atoms with E-state index in [-0.39, 0.29) is 4.90 Å². The summed E-state index contributed by atoms with van der Waals surface area (Å²) in [6.07, 6.45) is 7.33. The highest BCUT2D eigenvalue weighted by molar-refractivity contribution is 7.85. The van der Waals surface area contributed by atoms with E-state index in [0.29, 0.717) is 0 Å². The molecule has 0 saturated heterocycles. The monoisotopic (exact) mass is 398 g/mol. The third kappa shape index (κ3) is 4.88. The van der Waals surface area contributed by atoms with Crippen molar-refractivity contribution in [1.82, 2.24) is 4.98 Å². The van der Waals surface area contributed by atoms with E-state index in [2.05, 4.69) is 12.1 Å². The van der Waals surface area contributed by atoms with E-state index in [1.165, 1.54) is 49.1 Å². The highest BCUT2D eigenvalue weighted by Crippen LogP contribution is 2.29. The number of pyridine rings is 1. The van der Waals surface area contributed by atoms with Crippen molar-refractivity contribution in [2.75, 3.05) is 5.73 Å². The first-order valence-corrected chi connectivity index (χ1v) is 11.0. The van der Waals surface area contributed by atoms with Gasteiger partial charge in [-0.2, -0.15) is 8.42 Å². The van der Waals surface area contributed by atoms with Gasteiger partial charge >= 0.3 is 0 Å². The number of aryl methyl sites for hydroxylation is 2. The average molecular weight is 399 g/mol. The van der Waals surface area contributed by atoms with Crippen molar-refractivity contribution in [1.29, 1.82) is 0 Å². The Labute approximate surface area is 166 Å². The van der Waals surface area contributed by atoms with Crippen LogP contribution in [0.15, 0.2) is 53.4 Å². The van der Waals surface area contributed by atoms with Gasteiger partial charge in [0.15, 0.2) is 0 Å². The van der Waals surface area contributed by atoms with Crippen LogP contribution in [0.1, 0.15) is 42.5 Å². The molecule has 3 N–H and O–H groups in total. The first-order chi connectivity index (χ1) is 13.4. The number of benzene rings is 2. The van der Waals surface area contributed by atoms with Crippen LogP contribution in [-0.4, -0.2) is 18.0 Å². The molecule has 1 heterocycles. The van der Waals surface area contributed by atoms with E-state index in [9.17, 15) is 8.42 Å². The lowest BCUT2D eigenvalue weighted by Gasteiger charge is -2.16. The number of anilines is 1. The number of nitrogens with zero attached hydrogens (tertiary/aromatic N) is 1. The van der Waals surface area contributed by atoms with Gasteiger partial charge < -0.3 is 5.73 Å². The molecule has 148 valence electrons. The zero-order valence-electron chi connectivity index (χ0n) is 16.1. The number of nitrogen functional groups attached to an aromatic ring is 1. The van der Waals surface area contributed by atoms with Gasteiger partial charge in [0.05, 0.1) is 10.4 Å². The summed E-state index contributed by atoms with van der Waals surface area (Å²) in [5.41, 5.74) is 11.8. The number of hydrogen-bond acceptors (Lipinski definition) is 4. The Bertz CT molecular complexity index is 1060. The summed E-state index contributed by atoms with van der Waals surface area (Å²) in [4.78, 5) is 4.73. The number of para-hydroxylation sites is 1. The van der Waals surface area contributed by atoms with Gasteiger partial charge in [-0.3, -0.25) is 9.54 Å².